The topological polar surface area (TPSA) is 66.8 Å². The van der Waals surface area contributed by atoms with Crippen LogP contribution in [0.15, 0.2) is 24.4 Å². The largest absolute Gasteiger partial charge is 0.394 e. The zero-order valence-corrected chi connectivity index (χ0v) is 8.87. The van der Waals surface area contributed by atoms with Crippen molar-refractivity contribution in [3.63, 3.8) is 0 Å². The first kappa shape index (κ1) is 9.47. The Balaban J connectivity index is 2.07. The normalized spacial score (nSPS) is 20.8. The van der Waals surface area contributed by atoms with E-state index in [9.17, 15) is 5.11 Å². The molecule has 1 aliphatic rings. The smallest absolute Gasteiger partial charge is 0.175 e. The molecule has 0 radical (unpaired) electrons. The van der Waals surface area contributed by atoms with Gasteiger partial charge in [0, 0.05) is 19.3 Å². The maximum Gasteiger partial charge on any atom is 0.175 e. The second-order valence-corrected chi connectivity index (χ2v) is 4.16. The van der Waals surface area contributed by atoms with Crippen LogP contribution in [0, 0.1) is 0 Å². The third-order valence-corrected chi connectivity index (χ3v) is 3.02. The van der Waals surface area contributed by atoms with Crippen LogP contribution < -0.4 is 10.6 Å². The van der Waals surface area contributed by atoms with Crippen molar-refractivity contribution in [2.45, 2.75) is 12.5 Å². The van der Waals surface area contributed by atoms with Crippen LogP contribution in [-0.2, 0) is 0 Å². The van der Waals surface area contributed by atoms with Gasteiger partial charge in [-0.15, -0.1) is 5.10 Å². The van der Waals surface area contributed by atoms with Crippen molar-refractivity contribution in [2.24, 2.45) is 0 Å². The summed E-state index contributed by atoms with van der Waals surface area (Å²) in [6.45, 7) is 1.43. The summed E-state index contributed by atoms with van der Waals surface area (Å²) in [5, 5.41) is 13.9. The molecule has 0 saturated carbocycles. The summed E-state index contributed by atoms with van der Waals surface area (Å²) >= 11 is 0. The van der Waals surface area contributed by atoms with Gasteiger partial charge in [-0.2, -0.15) is 0 Å². The number of nitrogens with two attached hydrogens (primary N) is 1. The van der Waals surface area contributed by atoms with Gasteiger partial charge in [-0.25, -0.2) is 4.52 Å². The fraction of sp³-hybridized carbons (Fsp3) is 0.364. The molecular formula is C11H14N4O. The van der Waals surface area contributed by atoms with Crippen LogP contribution in [0.25, 0.3) is 5.52 Å². The molecule has 0 spiro atoms. The Morgan fingerprint density at radius 3 is 3.00 bits per heavy atom. The Bertz CT molecular complexity index is 522. The highest BCUT2D eigenvalue weighted by molar-refractivity contribution is 5.81. The molecule has 2 aromatic heterocycles. The van der Waals surface area contributed by atoms with E-state index in [1.807, 2.05) is 29.3 Å². The van der Waals surface area contributed by atoms with E-state index in [0.717, 1.165) is 24.3 Å². The highest BCUT2D eigenvalue weighted by atomic mass is 16.3. The number of aromatic nitrogens is 2. The van der Waals surface area contributed by atoms with E-state index >= 15 is 0 Å². The SMILES string of the molecule is Nc1c(N2CCC(O)C2)nn2ccccc12. The Morgan fingerprint density at radius 2 is 2.31 bits per heavy atom. The lowest BCUT2D eigenvalue weighted by molar-refractivity contribution is 0.198. The Labute approximate surface area is 93.1 Å². The second kappa shape index (κ2) is 3.38. The van der Waals surface area contributed by atoms with Crippen molar-refractivity contribution in [3.8, 4) is 0 Å². The van der Waals surface area contributed by atoms with Gasteiger partial charge < -0.3 is 15.7 Å². The summed E-state index contributed by atoms with van der Waals surface area (Å²) in [4.78, 5) is 2.03. The number of pyridine rings is 1. The predicted molar refractivity (Wildman–Crippen MR) is 62.4 cm³/mol. The molecule has 3 heterocycles. The van der Waals surface area contributed by atoms with Gasteiger partial charge in [-0.1, -0.05) is 6.07 Å². The molecule has 2 aromatic rings. The molecule has 1 fully saturated rings. The number of aliphatic hydroxyl groups excluding tert-OH is 1. The number of fused-ring (bicyclic) bond motifs is 1. The molecule has 3 N–H and O–H groups in total. The molecule has 0 bridgehead atoms. The molecule has 3 rings (SSSR count). The maximum atomic E-state index is 9.51. The average molecular weight is 218 g/mol. The first-order valence-electron chi connectivity index (χ1n) is 5.41. The third kappa shape index (κ3) is 1.32. The van der Waals surface area contributed by atoms with Crippen molar-refractivity contribution in [1.82, 2.24) is 9.61 Å². The Kier molecular flexibility index (Phi) is 2.00. The minimum atomic E-state index is -0.260. The lowest BCUT2D eigenvalue weighted by Gasteiger charge is -2.14. The Morgan fingerprint density at radius 1 is 1.44 bits per heavy atom. The lowest BCUT2D eigenvalue weighted by atomic mass is 10.3. The molecular weight excluding hydrogens is 204 g/mol. The van der Waals surface area contributed by atoms with Crippen molar-refractivity contribution < 1.29 is 5.11 Å². The number of rotatable bonds is 1. The fourth-order valence-electron chi connectivity index (χ4n) is 2.17. The molecule has 0 aliphatic carbocycles. The van der Waals surface area contributed by atoms with Crippen LogP contribution in [0.5, 0.6) is 0 Å². The number of aliphatic hydroxyl groups is 1. The van der Waals surface area contributed by atoms with Crippen LogP contribution >= 0.6 is 0 Å². The maximum absolute atomic E-state index is 9.51. The van der Waals surface area contributed by atoms with Gasteiger partial charge >= 0.3 is 0 Å². The van der Waals surface area contributed by atoms with Gasteiger partial charge in [0.15, 0.2) is 5.82 Å². The first-order chi connectivity index (χ1) is 7.75. The summed E-state index contributed by atoms with van der Waals surface area (Å²) < 4.78 is 1.77. The standard InChI is InChI=1S/C11H14N4O/c12-10-9-3-1-2-5-15(9)13-11(10)14-6-4-8(16)7-14/h1-3,5,8,16H,4,6-7,12H2. The quantitative estimate of drug-likeness (QED) is 0.731. The lowest BCUT2D eigenvalue weighted by Crippen LogP contribution is -2.22. The van der Waals surface area contributed by atoms with Crippen LogP contribution in [-0.4, -0.2) is 33.9 Å². The number of hydrogen-bond donors (Lipinski definition) is 2. The molecule has 1 saturated heterocycles. The van der Waals surface area contributed by atoms with Gasteiger partial charge in [-0.3, -0.25) is 0 Å². The minimum Gasteiger partial charge on any atom is -0.394 e. The molecule has 84 valence electrons. The molecule has 16 heavy (non-hydrogen) atoms. The molecule has 0 amide bonds. The summed E-state index contributed by atoms with van der Waals surface area (Å²) in [5.41, 5.74) is 7.66. The predicted octanol–water partition coefficient (Wildman–Crippen LogP) is 0.487. The van der Waals surface area contributed by atoms with Crippen molar-refractivity contribution >= 4 is 17.0 Å². The van der Waals surface area contributed by atoms with Crippen molar-refractivity contribution in [2.75, 3.05) is 23.7 Å². The third-order valence-electron chi connectivity index (χ3n) is 3.02. The zero-order valence-electron chi connectivity index (χ0n) is 8.87. The second-order valence-electron chi connectivity index (χ2n) is 4.16. The van der Waals surface area contributed by atoms with E-state index in [2.05, 4.69) is 5.10 Å². The van der Waals surface area contributed by atoms with E-state index < -0.39 is 0 Å². The van der Waals surface area contributed by atoms with E-state index in [1.165, 1.54) is 0 Å². The number of hydrogen-bond acceptors (Lipinski definition) is 4. The van der Waals surface area contributed by atoms with E-state index in [-0.39, 0.29) is 6.10 Å². The van der Waals surface area contributed by atoms with Gasteiger partial charge in [0.1, 0.15) is 5.69 Å². The van der Waals surface area contributed by atoms with Gasteiger partial charge in [0.25, 0.3) is 0 Å². The average Bonchev–Trinajstić information content (AvgIpc) is 2.84. The van der Waals surface area contributed by atoms with Crippen molar-refractivity contribution in [1.29, 1.82) is 0 Å². The van der Waals surface area contributed by atoms with Crippen LogP contribution in [0.3, 0.4) is 0 Å². The number of anilines is 2. The minimum absolute atomic E-state index is 0.260. The molecule has 1 aliphatic heterocycles. The van der Waals surface area contributed by atoms with E-state index in [4.69, 9.17) is 5.73 Å². The van der Waals surface area contributed by atoms with Crippen LogP contribution in [0.1, 0.15) is 6.42 Å². The molecule has 5 nitrogen and oxygen atoms in total. The fourth-order valence-corrected chi connectivity index (χ4v) is 2.17. The van der Waals surface area contributed by atoms with Crippen LogP contribution in [0.2, 0.25) is 0 Å². The highest BCUT2D eigenvalue weighted by Crippen LogP contribution is 2.28. The molecule has 0 aromatic carbocycles. The number of nitrogen functional groups attached to an aromatic ring is 1. The highest BCUT2D eigenvalue weighted by Gasteiger charge is 2.24. The van der Waals surface area contributed by atoms with Gasteiger partial charge in [-0.05, 0) is 18.6 Å². The molecule has 5 heteroatoms. The van der Waals surface area contributed by atoms with Crippen LogP contribution in [0.4, 0.5) is 11.5 Å². The van der Waals surface area contributed by atoms with E-state index in [1.54, 1.807) is 4.52 Å². The zero-order chi connectivity index (χ0) is 11.1. The monoisotopic (exact) mass is 218 g/mol. The molecule has 1 unspecified atom stereocenters. The van der Waals surface area contributed by atoms with Crippen molar-refractivity contribution in [3.05, 3.63) is 24.4 Å². The summed E-state index contributed by atoms with van der Waals surface area (Å²) in [7, 11) is 0. The summed E-state index contributed by atoms with van der Waals surface area (Å²) in [5.74, 6) is 0.780. The number of nitrogens with zero attached hydrogens (tertiary/aromatic N) is 3. The summed E-state index contributed by atoms with van der Waals surface area (Å²) in [6, 6.07) is 5.80. The summed E-state index contributed by atoms with van der Waals surface area (Å²) in [6.07, 6.45) is 2.40. The Hall–Kier alpha value is -1.75. The first-order valence-corrected chi connectivity index (χ1v) is 5.41. The van der Waals surface area contributed by atoms with Gasteiger partial charge in [0.2, 0.25) is 0 Å². The molecule has 1 atom stereocenters. The van der Waals surface area contributed by atoms with Gasteiger partial charge in [0.05, 0.1) is 11.6 Å². The number of β-amino-alcohol motifs (C(OH)–C–C–N with tert-alkyl or cyclic N) is 1. The van der Waals surface area contributed by atoms with E-state index in [0.29, 0.717) is 12.2 Å².